The van der Waals surface area contributed by atoms with Crippen LogP contribution in [0.25, 0.3) is 10.9 Å². The van der Waals surface area contributed by atoms with Crippen molar-refractivity contribution in [2.24, 2.45) is 5.41 Å². The third-order valence-electron chi connectivity index (χ3n) is 8.93. The van der Waals surface area contributed by atoms with E-state index >= 15 is 0 Å². The second-order valence-corrected chi connectivity index (χ2v) is 13.9. The Morgan fingerprint density at radius 2 is 1.53 bits per heavy atom. The van der Waals surface area contributed by atoms with Crippen LogP contribution in [0, 0.1) is 11.2 Å². The van der Waals surface area contributed by atoms with E-state index in [0.717, 1.165) is 42.5 Å². The SMILES string of the molecule is COc1cc2c(Oc3ccc(NC(=O)C4(C(=O)Nc5ccc(F)cc5)CC4)cc3)ccnc2cc1N1CCC(OCCC(=O)OC(C)(C)C)CC1. The van der Waals surface area contributed by atoms with E-state index < -0.39 is 28.6 Å². The summed E-state index contributed by atoms with van der Waals surface area (Å²) in [5.41, 5.74) is 0.964. The van der Waals surface area contributed by atoms with Gasteiger partial charge in [0.2, 0.25) is 11.8 Å². The number of rotatable bonds is 12. The summed E-state index contributed by atoms with van der Waals surface area (Å²) in [6.45, 7) is 7.42. The van der Waals surface area contributed by atoms with Crippen molar-refractivity contribution in [3.63, 3.8) is 0 Å². The van der Waals surface area contributed by atoms with Gasteiger partial charge in [0.05, 0.1) is 37.4 Å². The largest absolute Gasteiger partial charge is 0.495 e. The number of fused-ring (bicyclic) bond motifs is 1. The lowest BCUT2D eigenvalue weighted by molar-refractivity contribution is -0.156. The van der Waals surface area contributed by atoms with Crippen molar-refractivity contribution in [2.45, 2.75) is 64.6 Å². The predicted molar refractivity (Wildman–Crippen MR) is 192 cm³/mol. The number of carbonyl (C=O) groups is 3. The maximum absolute atomic E-state index is 13.2. The van der Waals surface area contributed by atoms with E-state index in [1.165, 1.54) is 24.3 Å². The van der Waals surface area contributed by atoms with Crippen LogP contribution >= 0.6 is 0 Å². The lowest BCUT2D eigenvalue weighted by Crippen LogP contribution is -2.37. The first kappa shape index (κ1) is 35.6. The van der Waals surface area contributed by atoms with Gasteiger partial charge in [0.25, 0.3) is 0 Å². The summed E-state index contributed by atoms with van der Waals surface area (Å²) in [7, 11) is 1.64. The first-order valence-corrected chi connectivity index (χ1v) is 17.1. The van der Waals surface area contributed by atoms with Crippen molar-refractivity contribution < 1.29 is 37.7 Å². The number of esters is 1. The predicted octanol–water partition coefficient (Wildman–Crippen LogP) is 7.25. The molecule has 2 aliphatic rings. The summed E-state index contributed by atoms with van der Waals surface area (Å²) in [6.07, 6.45) is 4.47. The highest BCUT2D eigenvalue weighted by molar-refractivity contribution is 6.16. The second kappa shape index (κ2) is 14.9. The van der Waals surface area contributed by atoms with Crippen LogP contribution in [-0.2, 0) is 23.9 Å². The summed E-state index contributed by atoms with van der Waals surface area (Å²) in [5.74, 6) is 0.359. The topological polar surface area (TPSA) is 128 Å². The Morgan fingerprint density at radius 1 is 0.902 bits per heavy atom. The van der Waals surface area contributed by atoms with E-state index in [4.69, 9.17) is 18.9 Å². The standard InChI is InChI=1S/C39H43FN4O7/c1-38(2,3)51-35(45)16-22-49-28-14-20-44(21-15-28)32-24-31-30(23-34(32)48-4)33(13-19-41-31)50-29-11-9-27(10-12-29)43-37(47)39(17-18-39)36(46)42-26-7-5-25(40)6-8-26/h5-13,19,23-24,28H,14-18,20-22H2,1-4H3,(H,42,46)(H,43,47). The Kier molecular flexibility index (Phi) is 10.4. The van der Waals surface area contributed by atoms with Gasteiger partial charge in [-0.05, 0) is 113 Å². The number of ether oxygens (including phenoxy) is 4. The van der Waals surface area contributed by atoms with E-state index in [2.05, 4.69) is 20.5 Å². The average molecular weight is 699 g/mol. The number of amides is 2. The molecule has 0 radical (unpaired) electrons. The molecule has 0 atom stereocenters. The normalized spacial score (nSPS) is 15.6. The fourth-order valence-electron chi connectivity index (χ4n) is 6.05. The molecule has 2 heterocycles. The quantitative estimate of drug-likeness (QED) is 0.116. The van der Waals surface area contributed by atoms with Gasteiger partial charge in [-0.2, -0.15) is 0 Å². The molecule has 1 saturated heterocycles. The number of piperidine rings is 1. The van der Waals surface area contributed by atoms with E-state index in [0.29, 0.717) is 48.1 Å². The fraction of sp³-hybridized carbons (Fsp3) is 0.385. The highest BCUT2D eigenvalue weighted by atomic mass is 19.1. The molecular weight excluding hydrogens is 655 g/mol. The van der Waals surface area contributed by atoms with Crippen LogP contribution in [0.2, 0.25) is 0 Å². The first-order chi connectivity index (χ1) is 24.4. The summed E-state index contributed by atoms with van der Waals surface area (Å²) in [6, 6.07) is 18.1. The van der Waals surface area contributed by atoms with Crippen molar-refractivity contribution in [1.82, 2.24) is 4.98 Å². The summed E-state index contributed by atoms with van der Waals surface area (Å²) >= 11 is 0. The number of methoxy groups -OCH3 is 1. The zero-order valence-electron chi connectivity index (χ0n) is 29.3. The number of aromatic nitrogens is 1. The molecule has 0 bridgehead atoms. The molecule has 1 aliphatic carbocycles. The minimum absolute atomic E-state index is 0.0649. The Morgan fingerprint density at radius 3 is 2.12 bits per heavy atom. The summed E-state index contributed by atoms with van der Waals surface area (Å²) in [5, 5.41) is 6.34. The van der Waals surface area contributed by atoms with Gasteiger partial charge < -0.3 is 34.5 Å². The molecule has 2 fully saturated rings. The number of hydrogen-bond donors (Lipinski definition) is 2. The first-order valence-electron chi connectivity index (χ1n) is 17.1. The zero-order valence-corrected chi connectivity index (χ0v) is 29.3. The van der Waals surface area contributed by atoms with Crippen molar-refractivity contribution in [1.29, 1.82) is 0 Å². The maximum atomic E-state index is 13.2. The molecule has 2 N–H and O–H groups in total. The molecule has 12 heteroatoms. The molecule has 3 aromatic carbocycles. The Balaban J connectivity index is 1.05. The van der Waals surface area contributed by atoms with Gasteiger partial charge in [0, 0.05) is 36.0 Å². The molecule has 51 heavy (non-hydrogen) atoms. The number of pyridine rings is 1. The molecule has 1 saturated carbocycles. The minimum atomic E-state index is -1.16. The Hall–Kier alpha value is -5.23. The van der Waals surface area contributed by atoms with Gasteiger partial charge in [-0.25, -0.2) is 4.39 Å². The van der Waals surface area contributed by atoms with Crippen molar-refractivity contribution in [2.75, 3.05) is 42.3 Å². The highest BCUT2D eigenvalue weighted by Crippen LogP contribution is 2.47. The van der Waals surface area contributed by atoms with E-state index in [1.54, 1.807) is 43.6 Å². The molecule has 4 aromatic rings. The Labute approximate surface area is 296 Å². The number of nitrogens with zero attached hydrogens (tertiary/aromatic N) is 2. The Bertz CT molecular complexity index is 1880. The molecule has 1 aliphatic heterocycles. The van der Waals surface area contributed by atoms with Gasteiger partial charge in [-0.15, -0.1) is 0 Å². The van der Waals surface area contributed by atoms with Gasteiger partial charge in [-0.1, -0.05) is 0 Å². The molecule has 0 unspecified atom stereocenters. The number of anilines is 3. The summed E-state index contributed by atoms with van der Waals surface area (Å²) in [4.78, 5) is 44.9. The van der Waals surface area contributed by atoms with Crippen LogP contribution < -0.4 is 25.0 Å². The van der Waals surface area contributed by atoms with E-state index in [-0.39, 0.29) is 18.5 Å². The second-order valence-electron chi connectivity index (χ2n) is 13.9. The third-order valence-corrected chi connectivity index (χ3v) is 8.93. The van der Waals surface area contributed by atoms with Gasteiger partial charge in [0.15, 0.2) is 0 Å². The number of benzene rings is 3. The molecule has 2 amide bonds. The molecule has 1 aromatic heterocycles. The number of carbonyl (C=O) groups excluding carboxylic acids is 3. The van der Waals surface area contributed by atoms with Crippen molar-refractivity contribution in [3.8, 4) is 17.2 Å². The van der Waals surface area contributed by atoms with Crippen LogP contribution in [0.1, 0.15) is 52.9 Å². The minimum Gasteiger partial charge on any atom is -0.495 e. The number of nitrogens with one attached hydrogen (secondary N) is 2. The molecule has 11 nitrogen and oxygen atoms in total. The maximum Gasteiger partial charge on any atom is 0.308 e. The van der Waals surface area contributed by atoms with Crippen LogP contribution in [-0.4, -0.2) is 61.3 Å². The lowest BCUT2D eigenvalue weighted by Gasteiger charge is -2.34. The molecule has 268 valence electrons. The molecule has 0 spiro atoms. The zero-order chi connectivity index (χ0) is 36.2. The molecule has 6 rings (SSSR count). The van der Waals surface area contributed by atoms with Crippen LogP contribution in [0.4, 0.5) is 21.5 Å². The monoisotopic (exact) mass is 698 g/mol. The van der Waals surface area contributed by atoms with E-state index in [9.17, 15) is 18.8 Å². The smallest absolute Gasteiger partial charge is 0.308 e. The number of hydrogen-bond acceptors (Lipinski definition) is 9. The summed E-state index contributed by atoms with van der Waals surface area (Å²) < 4.78 is 36.7. The average Bonchev–Trinajstić information content (AvgIpc) is 3.92. The van der Waals surface area contributed by atoms with Crippen molar-refractivity contribution >= 4 is 45.7 Å². The van der Waals surface area contributed by atoms with Gasteiger partial charge >= 0.3 is 5.97 Å². The third kappa shape index (κ3) is 8.75. The van der Waals surface area contributed by atoms with Crippen LogP contribution in [0.5, 0.6) is 17.2 Å². The van der Waals surface area contributed by atoms with E-state index in [1.807, 2.05) is 32.9 Å². The lowest BCUT2D eigenvalue weighted by atomic mass is 10.0. The van der Waals surface area contributed by atoms with Crippen LogP contribution in [0.3, 0.4) is 0 Å². The fourth-order valence-corrected chi connectivity index (χ4v) is 6.05. The van der Waals surface area contributed by atoms with Gasteiger partial charge in [-0.3, -0.25) is 19.4 Å². The highest BCUT2D eigenvalue weighted by Gasteiger charge is 2.56. The number of halogens is 1. The van der Waals surface area contributed by atoms with Crippen molar-refractivity contribution in [3.05, 3.63) is 78.7 Å². The van der Waals surface area contributed by atoms with Gasteiger partial charge in [0.1, 0.15) is 34.1 Å². The van der Waals surface area contributed by atoms with Crippen LogP contribution in [0.15, 0.2) is 72.9 Å². The molecular formula is C39H43FN4O7.